The predicted octanol–water partition coefficient (Wildman–Crippen LogP) is 1.78. The SMILES string of the molecule is O=[N+]([O-])C1CCC(O)OC1c1cc(F)ccc1F. The van der Waals surface area contributed by atoms with Crippen LogP contribution in [0.25, 0.3) is 0 Å². The Morgan fingerprint density at radius 3 is 2.78 bits per heavy atom. The molecule has 0 aliphatic carbocycles. The lowest BCUT2D eigenvalue weighted by Crippen LogP contribution is -2.38. The standard InChI is InChI=1S/C11H11F2NO4/c12-6-1-2-8(13)7(5-6)11-9(14(16)17)3-4-10(15)18-11/h1-2,5,9-11,15H,3-4H2. The van der Waals surface area contributed by atoms with Crippen molar-refractivity contribution in [2.75, 3.05) is 0 Å². The van der Waals surface area contributed by atoms with Gasteiger partial charge in [0.25, 0.3) is 0 Å². The van der Waals surface area contributed by atoms with Crippen molar-refractivity contribution in [1.82, 2.24) is 0 Å². The Labute approximate surface area is 101 Å². The largest absolute Gasteiger partial charge is 0.368 e. The number of benzene rings is 1. The van der Waals surface area contributed by atoms with Gasteiger partial charge in [-0.25, -0.2) is 8.78 Å². The minimum Gasteiger partial charge on any atom is -0.368 e. The number of aliphatic hydroxyl groups excluding tert-OH is 1. The molecule has 1 aromatic rings. The van der Waals surface area contributed by atoms with Crippen molar-refractivity contribution in [1.29, 1.82) is 0 Å². The van der Waals surface area contributed by atoms with Crippen LogP contribution in [-0.4, -0.2) is 22.4 Å². The number of aliphatic hydroxyl groups is 1. The highest BCUT2D eigenvalue weighted by Crippen LogP contribution is 2.34. The molecular weight excluding hydrogens is 248 g/mol. The molecule has 2 rings (SSSR count). The van der Waals surface area contributed by atoms with Crippen LogP contribution in [0.5, 0.6) is 0 Å². The van der Waals surface area contributed by atoms with E-state index in [4.69, 9.17) is 4.74 Å². The molecular formula is C11H11F2NO4. The van der Waals surface area contributed by atoms with Gasteiger partial charge in [-0.15, -0.1) is 0 Å². The number of hydrogen-bond donors (Lipinski definition) is 1. The highest BCUT2D eigenvalue weighted by atomic mass is 19.1. The van der Waals surface area contributed by atoms with Crippen molar-refractivity contribution in [3.05, 3.63) is 45.5 Å². The van der Waals surface area contributed by atoms with E-state index in [1.807, 2.05) is 0 Å². The van der Waals surface area contributed by atoms with Gasteiger partial charge in [0, 0.05) is 23.3 Å². The molecule has 0 radical (unpaired) electrons. The lowest BCUT2D eigenvalue weighted by Gasteiger charge is -2.29. The molecule has 7 heteroatoms. The molecule has 1 saturated heterocycles. The Balaban J connectivity index is 2.37. The van der Waals surface area contributed by atoms with Crippen LogP contribution in [0, 0.1) is 21.7 Å². The second-order valence-corrected chi connectivity index (χ2v) is 4.11. The first-order valence-corrected chi connectivity index (χ1v) is 5.41. The van der Waals surface area contributed by atoms with Gasteiger partial charge in [0.2, 0.25) is 6.04 Å². The molecule has 1 aliphatic heterocycles. The summed E-state index contributed by atoms with van der Waals surface area (Å²) >= 11 is 0. The number of ether oxygens (including phenoxy) is 1. The predicted molar refractivity (Wildman–Crippen MR) is 56.2 cm³/mol. The normalized spacial score (nSPS) is 28.1. The van der Waals surface area contributed by atoms with Gasteiger partial charge in [0.05, 0.1) is 0 Å². The molecule has 1 aromatic carbocycles. The monoisotopic (exact) mass is 259 g/mol. The zero-order valence-electron chi connectivity index (χ0n) is 9.25. The van der Waals surface area contributed by atoms with Crippen LogP contribution in [0.2, 0.25) is 0 Å². The van der Waals surface area contributed by atoms with Crippen molar-refractivity contribution in [2.24, 2.45) is 0 Å². The Hall–Kier alpha value is -1.60. The molecule has 0 aromatic heterocycles. The molecule has 1 aliphatic rings. The molecule has 0 bridgehead atoms. The second-order valence-electron chi connectivity index (χ2n) is 4.11. The maximum atomic E-state index is 13.6. The smallest absolute Gasteiger partial charge is 0.243 e. The van der Waals surface area contributed by atoms with Gasteiger partial charge in [0.15, 0.2) is 12.4 Å². The van der Waals surface area contributed by atoms with Gasteiger partial charge in [-0.2, -0.15) is 0 Å². The van der Waals surface area contributed by atoms with E-state index in [9.17, 15) is 24.0 Å². The van der Waals surface area contributed by atoms with Gasteiger partial charge in [-0.05, 0) is 18.2 Å². The Bertz CT molecular complexity index is 468. The number of hydrogen-bond acceptors (Lipinski definition) is 4. The summed E-state index contributed by atoms with van der Waals surface area (Å²) in [4.78, 5) is 10.3. The third-order valence-electron chi connectivity index (χ3n) is 2.90. The summed E-state index contributed by atoms with van der Waals surface area (Å²) < 4.78 is 31.6. The van der Waals surface area contributed by atoms with Crippen molar-refractivity contribution in [3.63, 3.8) is 0 Å². The zero-order valence-corrected chi connectivity index (χ0v) is 9.25. The Morgan fingerprint density at radius 1 is 1.39 bits per heavy atom. The molecule has 3 unspecified atom stereocenters. The van der Waals surface area contributed by atoms with E-state index >= 15 is 0 Å². The molecule has 3 atom stereocenters. The van der Waals surface area contributed by atoms with Gasteiger partial charge < -0.3 is 9.84 Å². The van der Waals surface area contributed by atoms with Gasteiger partial charge in [0.1, 0.15) is 11.6 Å². The summed E-state index contributed by atoms with van der Waals surface area (Å²) in [5.41, 5.74) is -0.240. The van der Waals surface area contributed by atoms with Crippen LogP contribution in [-0.2, 0) is 4.74 Å². The first-order chi connectivity index (χ1) is 8.49. The number of nitrogens with zero attached hydrogens (tertiary/aromatic N) is 1. The summed E-state index contributed by atoms with van der Waals surface area (Å²) in [5, 5.41) is 20.2. The van der Waals surface area contributed by atoms with Crippen molar-refractivity contribution < 1.29 is 23.5 Å². The van der Waals surface area contributed by atoms with Crippen LogP contribution in [0.1, 0.15) is 24.5 Å². The molecule has 1 N–H and O–H groups in total. The van der Waals surface area contributed by atoms with E-state index in [1.54, 1.807) is 0 Å². The van der Waals surface area contributed by atoms with E-state index in [1.165, 1.54) is 0 Å². The minimum absolute atomic E-state index is 0.0504. The highest BCUT2D eigenvalue weighted by molar-refractivity contribution is 5.22. The average molecular weight is 259 g/mol. The van der Waals surface area contributed by atoms with Crippen molar-refractivity contribution in [3.8, 4) is 0 Å². The molecule has 98 valence electrons. The van der Waals surface area contributed by atoms with Crippen molar-refractivity contribution >= 4 is 0 Å². The molecule has 5 nitrogen and oxygen atoms in total. The number of nitro groups is 1. The highest BCUT2D eigenvalue weighted by Gasteiger charge is 2.41. The summed E-state index contributed by atoms with van der Waals surface area (Å²) in [7, 11) is 0. The Morgan fingerprint density at radius 2 is 2.11 bits per heavy atom. The molecule has 1 heterocycles. The van der Waals surface area contributed by atoms with E-state index < -0.39 is 35.0 Å². The van der Waals surface area contributed by atoms with Crippen LogP contribution < -0.4 is 0 Å². The lowest BCUT2D eigenvalue weighted by molar-refractivity contribution is -0.547. The summed E-state index contributed by atoms with van der Waals surface area (Å²) in [6, 6.07) is 1.46. The molecule has 0 spiro atoms. The zero-order chi connectivity index (χ0) is 13.3. The fraction of sp³-hybridized carbons (Fsp3) is 0.455. The quantitative estimate of drug-likeness (QED) is 0.649. The van der Waals surface area contributed by atoms with Gasteiger partial charge >= 0.3 is 0 Å². The molecule has 18 heavy (non-hydrogen) atoms. The van der Waals surface area contributed by atoms with Gasteiger partial charge in [-0.3, -0.25) is 10.1 Å². The first-order valence-electron chi connectivity index (χ1n) is 5.41. The summed E-state index contributed by atoms with van der Waals surface area (Å²) in [5.74, 6) is -1.50. The topological polar surface area (TPSA) is 72.6 Å². The fourth-order valence-electron chi connectivity index (χ4n) is 2.02. The van der Waals surface area contributed by atoms with E-state index in [0.29, 0.717) is 0 Å². The summed E-state index contributed by atoms with van der Waals surface area (Å²) in [6.07, 6.45) is -2.33. The van der Waals surface area contributed by atoms with E-state index in [2.05, 4.69) is 0 Å². The lowest BCUT2D eigenvalue weighted by atomic mass is 9.95. The Kier molecular flexibility index (Phi) is 3.53. The number of halogens is 2. The third kappa shape index (κ3) is 2.46. The first kappa shape index (κ1) is 12.8. The molecule has 0 saturated carbocycles. The average Bonchev–Trinajstić information content (AvgIpc) is 2.31. The second kappa shape index (κ2) is 4.95. The van der Waals surface area contributed by atoms with E-state index in [0.717, 1.165) is 18.2 Å². The third-order valence-corrected chi connectivity index (χ3v) is 2.90. The maximum Gasteiger partial charge on any atom is 0.243 e. The van der Waals surface area contributed by atoms with Crippen LogP contribution >= 0.6 is 0 Å². The van der Waals surface area contributed by atoms with E-state index in [-0.39, 0.29) is 18.4 Å². The molecule has 0 amide bonds. The van der Waals surface area contributed by atoms with Crippen LogP contribution in [0.15, 0.2) is 18.2 Å². The maximum absolute atomic E-state index is 13.6. The molecule has 1 fully saturated rings. The fourth-order valence-corrected chi connectivity index (χ4v) is 2.02. The summed E-state index contributed by atoms with van der Waals surface area (Å²) in [6.45, 7) is 0. The van der Waals surface area contributed by atoms with Gasteiger partial charge in [-0.1, -0.05) is 0 Å². The minimum atomic E-state index is -1.28. The van der Waals surface area contributed by atoms with Crippen LogP contribution in [0.4, 0.5) is 8.78 Å². The van der Waals surface area contributed by atoms with Crippen molar-refractivity contribution in [2.45, 2.75) is 31.3 Å². The van der Waals surface area contributed by atoms with Crippen LogP contribution in [0.3, 0.4) is 0 Å². The number of rotatable bonds is 2.